The molecule has 2 atom stereocenters. The van der Waals surface area contributed by atoms with Gasteiger partial charge < -0.3 is 10.4 Å². The van der Waals surface area contributed by atoms with E-state index in [-0.39, 0.29) is 23.5 Å². The topological polar surface area (TPSA) is 49.3 Å². The normalized spacial score (nSPS) is 20.0. The molecule has 0 radical (unpaired) electrons. The average molecular weight is 281 g/mol. The van der Waals surface area contributed by atoms with Crippen molar-refractivity contribution in [3.8, 4) is 5.75 Å². The molecule has 0 aromatic heterocycles. The second-order valence-corrected chi connectivity index (χ2v) is 5.58. The minimum atomic E-state index is 0.0420. The highest BCUT2D eigenvalue weighted by atomic mass is 16.3. The molecule has 21 heavy (non-hydrogen) atoms. The van der Waals surface area contributed by atoms with Crippen molar-refractivity contribution in [2.75, 3.05) is 5.32 Å². The first kappa shape index (κ1) is 13.7. The minimum Gasteiger partial charge on any atom is -0.508 e. The van der Waals surface area contributed by atoms with Crippen molar-refractivity contribution >= 4 is 11.6 Å². The van der Waals surface area contributed by atoms with Crippen molar-refractivity contribution in [2.24, 2.45) is 5.92 Å². The van der Waals surface area contributed by atoms with Crippen molar-refractivity contribution in [1.29, 1.82) is 0 Å². The van der Waals surface area contributed by atoms with Crippen LogP contribution >= 0.6 is 0 Å². The van der Waals surface area contributed by atoms with Crippen LogP contribution < -0.4 is 5.32 Å². The van der Waals surface area contributed by atoms with Gasteiger partial charge in [-0.1, -0.05) is 31.2 Å². The van der Waals surface area contributed by atoms with Gasteiger partial charge in [-0.15, -0.1) is 0 Å². The van der Waals surface area contributed by atoms with Gasteiger partial charge >= 0.3 is 0 Å². The maximum absolute atomic E-state index is 12.2. The Balaban J connectivity index is 1.60. The number of phenols is 1. The molecule has 1 amide bonds. The monoisotopic (exact) mass is 281 g/mol. The summed E-state index contributed by atoms with van der Waals surface area (Å²) in [6, 6.07) is 15.1. The molecule has 2 N–H and O–H groups in total. The Morgan fingerprint density at radius 3 is 2.43 bits per heavy atom. The Kier molecular flexibility index (Phi) is 3.65. The summed E-state index contributed by atoms with van der Waals surface area (Å²) in [5.74, 6) is 0.662. The predicted molar refractivity (Wildman–Crippen MR) is 83.4 cm³/mol. The van der Waals surface area contributed by atoms with Gasteiger partial charge in [0.05, 0.1) is 0 Å². The van der Waals surface area contributed by atoms with Crippen LogP contribution in [-0.2, 0) is 11.2 Å². The molecule has 2 unspecified atom stereocenters. The molecular formula is C18H19NO2. The highest BCUT2D eigenvalue weighted by molar-refractivity contribution is 5.95. The van der Waals surface area contributed by atoms with Crippen LogP contribution in [-0.4, -0.2) is 11.0 Å². The van der Waals surface area contributed by atoms with Gasteiger partial charge in [0, 0.05) is 11.6 Å². The third-order valence-corrected chi connectivity index (χ3v) is 4.08. The molecule has 108 valence electrons. The lowest BCUT2D eigenvalue weighted by atomic mass is 10.1. The maximum Gasteiger partial charge on any atom is 0.228 e. The van der Waals surface area contributed by atoms with Gasteiger partial charge in [0.2, 0.25) is 5.91 Å². The summed E-state index contributed by atoms with van der Waals surface area (Å²) in [5, 5.41) is 12.3. The quantitative estimate of drug-likeness (QED) is 0.897. The van der Waals surface area contributed by atoms with Crippen LogP contribution in [0.5, 0.6) is 5.75 Å². The molecule has 0 bridgehead atoms. The summed E-state index contributed by atoms with van der Waals surface area (Å²) in [7, 11) is 0. The van der Waals surface area contributed by atoms with Gasteiger partial charge in [-0.25, -0.2) is 0 Å². The number of carbonyl (C=O) groups is 1. The van der Waals surface area contributed by atoms with E-state index in [1.165, 1.54) is 5.56 Å². The summed E-state index contributed by atoms with van der Waals surface area (Å²) in [6.07, 6.45) is 1.88. The Morgan fingerprint density at radius 2 is 1.81 bits per heavy atom. The number of anilines is 1. The van der Waals surface area contributed by atoms with Crippen LogP contribution in [0.1, 0.15) is 30.4 Å². The number of nitrogens with one attached hydrogen (secondary N) is 1. The van der Waals surface area contributed by atoms with E-state index in [2.05, 4.69) is 12.2 Å². The number of phenolic OH excluding ortho intramolecular Hbond substituents is 1. The van der Waals surface area contributed by atoms with Gasteiger partial charge in [0.25, 0.3) is 0 Å². The molecule has 0 heterocycles. The zero-order chi connectivity index (χ0) is 14.8. The molecule has 0 saturated heterocycles. The van der Waals surface area contributed by atoms with Crippen LogP contribution in [0.4, 0.5) is 5.69 Å². The van der Waals surface area contributed by atoms with Crippen molar-refractivity contribution < 1.29 is 9.90 Å². The van der Waals surface area contributed by atoms with Crippen molar-refractivity contribution in [3.63, 3.8) is 0 Å². The molecule has 0 aliphatic heterocycles. The summed E-state index contributed by atoms with van der Waals surface area (Å²) in [5.41, 5.74) is 3.24. The first-order valence-corrected chi connectivity index (χ1v) is 7.36. The smallest absolute Gasteiger partial charge is 0.228 e. The number of rotatable bonds is 4. The summed E-state index contributed by atoms with van der Waals surface area (Å²) < 4.78 is 0. The van der Waals surface area contributed by atoms with E-state index in [1.54, 1.807) is 12.1 Å². The number of benzene rings is 2. The third-order valence-electron chi connectivity index (χ3n) is 4.08. The Morgan fingerprint density at radius 1 is 1.14 bits per heavy atom. The van der Waals surface area contributed by atoms with E-state index < -0.39 is 0 Å². The zero-order valence-corrected chi connectivity index (χ0v) is 12.0. The van der Waals surface area contributed by atoms with E-state index >= 15 is 0 Å². The molecule has 0 spiro atoms. The lowest BCUT2D eigenvalue weighted by molar-refractivity contribution is -0.117. The number of aryl methyl sites for hydroxylation is 1. The number of aromatic hydroxyl groups is 1. The van der Waals surface area contributed by atoms with Crippen LogP contribution in [0.3, 0.4) is 0 Å². The van der Waals surface area contributed by atoms with E-state index in [1.807, 2.05) is 36.4 Å². The van der Waals surface area contributed by atoms with Gasteiger partial charge in [-0.3, -0.25) is 4.79 Å². The molecule has 2 aromatic carbocycles. The molecule has 1 aliphatic rings. The lowest BCUT2D eigenvalue weighted by Crippen LogP contribution is -2.14. The second-order valence-electron chi connectivity index (χ2n) is 5.58. The van der Waals surface area contributed by atoms with E-state index in [4.69, 9.17) is 0 Å². The molecule has 3 nitrogen and oxygen atoms in total. The summed E-state index contributed by atoms with van der Waals surface area (Å²) in [4.78, 5) is 12.2. The second kappa shape index (κ2) is 5.60. The van der Waals surface area contributed by atoms with Crippen molar-refractivity contribution in [1.82, 2.24) is 0 Å². The molecule has 1 saturated carbocycles. The zero-order valence-electron chi connectivity index (χ0n) is 12.0. The Hall–Kier alpha value is -2.29. The lowest BCUT2D eigenvalue weighted by Gasteiger charge is -2.06. The van der Waals surface area contributed by atoms with Gasteiger partial charge in [0.1, 0.15) is 5.75 Å². The molecule has 1 aliphatic carbocycles. The first-order valence-electron chi connectivity index (χ1n) is 7.36. The standard InChI is InChI=1S/C18H19NO2/c1-2-12-3-7-14(8-4-12)19-18(21)17-11-16(17)13-5-9-15(20)10-6-13/h3-10,16-17,20H,2,11H2,1H3,(H,19,21). The van der Waals surface area contributed by atoms with Gasteiger partial charge in [-0.2, -0.15) is 0 Å². The van der Waals surface area contributed by atoms with Crippen LogP contribution in [0.25, 0.3) is 0 Å². The fourth-order valence-corrected chi connectivity index (χ4v) is 2.63. The molecule has 3 rings (SSSR count). The first-order chi connectivity index (χ1) is 10.2. The van der Waals surface area contributed by atoms with Crippen molar-refractivity contribution in [2.45, 2.75) is 25.7 Å². The van der Waals surface area contributed by atoms with Crippen LogP contribution in [0, 0.1) is 5.92 Å². The van der Waals surface area contributed by atoms with E-state index in [0.29, 0.717) is 0 Å². The van der Waals surface area contributed by atoms with Crippen LogP contribution in [0.15, 0.2) is 48.5 Å². The summed E-state index contributed by atoms with van der Waals surface area (Å²) in [6.45, 7) is 2.11. The Labute approximate surface area is 124 Å². The minimum absolute atomic E-state index is 0.0420. The van der Waals surface area contributed by atoms with Gasteiger partial charge in [0.15, 0.2) is 0 Å². The Bertz CT molecular complexity index is 631. The van der Waals surface area contributed by atoms with E-state index in [9.17, 15) is 9.90 Å². The highest BCUT2D eigenvalue weighted by Gasteiger charge is 2.43. The molecule has 1 fully saturated rings. The predicted octanol–water partition coefficient (Wildman–Crippen LogP) is 3.70. The number of hydrogen-bond acceptors (Lipinski definition) is 2. The molecule has 3 heteroatoms. The third kappa shape index (κ3) is 3.07. The number of hydrogen-bond donors (Lipinski definition) is 2. The average Bonchev–Trinajstić information content (AvgIpc) is 3.29. The number of amides is 1. The maximum atomic E-state index is 12.2. The summed E-state index contributed by atoms with van der Waals surface area (Å²) >= 11 is 0. The largest absolute Gasteiger partial charge is 0.508 e. The fraction of sp³-hybridized carbons (Fsp3) is 0.278. The van der Waals surface area contributed by atoms with Crippen LogP contribution in [0.2, 0.25) is 0 Å². The van der Waals surface area contributed by atoms with Crippen molar-refractivity contribution in [3.05, 3.63) is 59.7 Å². The highest BCUT2D eigenvalue weighted by Crippen LogP contribution is 2.48. The number of carbonyl (C=O) groups excluding carboxylic acids is 1. The van der Waals surface area contributed by atoms with E-state index in [0.717, 1.165) is 24.1 Å². The molecular weight excluding hydrogens is 262 g/mol. The molecule has 2 aromatic rings. The van der Waals surface area contributed by atoms with Gasteiger partial charge in [-0.05, 0) is 54.2 Å². The fourth-order valence-electron chi connectivity index (χ4n) is 2.63. The SMILES string of the molecule is CCc1ccc(NC(=O)C2CC2c2ccc(O)cc2)cc1.